The molecular formula is C14H12N2O5. The number of carbonyl (C=O) groups is 2. The molecule has 7 heteroatoms. The lowest BCUT2D eigenvalue weighted by Gasteiger charge is -2.06. The van der Waals surface area contributed by atoms with Crippen LogP contribution >= 0.6 is 0 Å². The summed E-state index contributed by atoms with van der Waals surface area (Å²) in [5.74, 6) is -2.19. The molecule has 2 rings (SSSR count). The number of hydrogen-bond donors (Lipinski definition) is 2. The Morgan fingerprint density at radius 2 is 1.71 bits per heavy atom. The Kier molecular flexibility index (Phi) is 4.13. The van der Waals surface area contributed by atoms with Crippen molar-refractivity contribution in [3.63, 3.8) is 0 Å². The first-order valence-corrected chi connectivity index (χ1v) is 6.09. The van der Waals surface area contributed by atoms with E-state index in [4.69, 9.17) is 14.9 Å². The predicted octanol–water partition coefficient (Wildman–Crippen LogP) is 1.94. The highest BCUT2D eigenvalue weighted by Crippen LogP contribution is 2.21. The molecule has 21 heavy (non-hydrogen) atoms. The number of rotatable bonds is 5. The highest BCUT2D eigenvalue weighted by molar-refractivity contribution is 5.99. The molecule has 0 amide bonds. The molecule has 0 radical (unpaired) electrons. The molecular weight excluding hydrogens is 276 g/mol. The Labute approximate surface area is 119 Å². The van der Waals surface area contributed by atoms with Gasteiger partial charge in [-0.3, -0.25) is 0 Å². The van der Waals surface area contributed by atoms with Gasteiger partial charge in [0.05, 0.1) is 18.5 Å². The van der Waals surface area contributed by atoms with Crippen LogP contribution < -0.4 is 4.74 Å². The van der Waals surface area contributed by atoms with Gasteiger partial charge < -0.3 is 14.9 Å². The number of ether oxygens (including phenoxy) is 1. The second-order valence-electron chi connectivity index (χ2n) is 4.02. The molecule has 2 aromatic rings. The van der Waals surface area contributed by atoms with Gasteiger partial charge in [0.25, 0.3) is 0 Å². The van der Waals surface area contributed by atoms with Crippen molar-refractivity contribution < 1.29 is 24.5 Å². The Hall–Kier alpha value is -2.96. The minimum absolute atomic E-state index is 0.278. The maximum absolute atomic E-state index is 11.1. The van der Waals surface area contributed by atoms with Crippen LogP contribution in [0.2, 0.25) is 0 Å². The molecule has 0 atom stereocenters. The number of carboxylic acids is 2. The second kappa shape index (κ2) is 6.00. The second-order valence-corrected chi connectivity index (χ2v) is 4.02. The van der Waals surface area contributed by atoms with Crippen LogP contribution in [0.15, 0.2) is 30.5 Å². The molecule has 0 saturated heterocycles. The van der Waals surface area contributed by atoms with E-state index in [1.807, 2.05) is 6.92 Å². The number of aromatic nitrogens is 2. The van der Waals surface area contributed by atoms with Crippen molar-refractivity contribution in [2.75, 3.05) is 6.61 Å². The predicted molar refractivity (Wildman–Crippen MR) is 72.6 cm³/mol. The third kappa shape index (κ3) is 3.14. The molecule has 0 aliphatic carbocycles. The van der Waals surface area contributed by atoms with Gasteiger partial charge in [-0.05, 0) is 31.2 Å². The van der Waals surface area contributed by atoms with E-state index in [9.17, 15) is 9.59 Å². The lowest BCUT2D eigenvalue weighted by Crippen LogP contribution is -2.13. The molecule has 108 valence electrons. The zero-order valence-electron chi connectivity index (χ0n) is 11.1. The van der Waals surface area contributed by atoms with Crippen LogP contribution in [-0.4, -0.2) is 38.7 Å². The van der Waals surface area contributed by atoms with Crippen LogP contribution in [0.1, 0.15) is 27.9 Å². The normalized spacial score (nSPS) is 10.1. The van der Waals surface area contributed by atoms with Crippen molar-refractivity contribution in [1.82, 2.24) is 9.97 Å². The quantitative estimate of drug-likeness (QED) is 0.865. The van der Waals surface area contributed by atoms with Gasteiger partial charge >= 0.3 is 11.9 Å². The Bertz CT molecular complexity index is 682. The minimum atomic E-state index is -1.44. The Morgan fingerprint density at radius 3 is 2.24 bits per heavy atom. The minimum Gasteiger partial charge on any atom is -0.494 e. The largest absolute Gasteiger partial charge is 0.494 e. The molecule has 2 N–H and O–H groups in total. The summed E-state index contributed by atoms with van der Waals surface area (Å²) in [6.45, 7) is 2.40. The van der Waals surface area contributed by atoms with Crippen LogP contribution in [0.4, 0.5) is 0 Å². The van der Waals surface area contributed by atoms with E-state index < -0.39 is 23.3 Å². The van der Waals surface area contributed by atoms with Crippen LogP contribution in [0, 0.1) is 0 Å². The van der Waals surface area contributed by atoms with Gasteiger partial charge in [0, 0.05) is 5.56 Å². The summed E-state index contributed by atoms with van der Waals surface area (Å²) in [6, 6.07) is 6.82. The highest BCUT2D eigenvalue weighted by atomic mass is 16.5. The van der Waals surface area contributed by atoms with Crippen molar-refractivity contribution in [2.24, 2.45) is 0 Å². The maximum Gasteiger partial charge on any atom is 0.357 e. The summed E-state index contributed by atoms with van der Waals surface area (Å²) in [6.07, 6.45) is 1.23. The summed E-state index contributed by atoms with van der Waals surface area (Å²) < 4.78 is 5.30. The lowest BCUT2D eigenvalue weighted by molar-refractivity contribution is 0.0641. The lowest BCUT2D eigenvalue weighted by atomic mass is 10.1. The summed E-state index contributed by atoms with van der Waals surface area (Å²) in [4.78, 5) is 29.5. The van der Waals surface area contributed by atoms with E-state index in [1.54, 1.807) is 24.3 Å². The monoisotopic (exact) mass is 288 g/mol. The fourth-order valence-corrected chi connectivity index (χ4v) is 1.72. The van der Waals surface area contributed by atoms with Crippen molar-refractivity contribution in [2.45, 2.75) is 6.92 Å². The number of aromatic carboxylic acids is 2. The summed E-state index contributed by atoms with van der Waals surface area (Å²) in [5, 5.41) is 17.9. The third-order valence-electron chi connectivity index (χ3n) is 2.64. The zero-order valence-corrected chi connectivity index (χ0v) is 11.1. The van der Waals surface area contributed by atoms with Crippen molar-refractivity contribution in [3.8, 4) is 17.0 Å². The van der Waals surface area contributed by atoms with Crippen LogP contribution in [0.3, 0.4) is 0 Å². The smallest absolute Gasteiger partial charge is 0.357 e. The molecule has 0 aliphatic heterocycles. The van der Waals surface area contributed by atoms with E-state index in [2.05, 4.69) is 9.97 Å². The zero-order chi connectivity index (χ0) is 15.4. The molecule has 0 aliphatic rings. The summed E-state index contributed by atoms with van der Waals surface area (Å²) >= 11 is 0. The average Bonchev–Trinajstić information content (AvgIpc) is 2.47. The van der Waals surface area contributed by atoms with Crippen molar-refractivity contribution in [3.05, 3.63) is 41.9 Å². The fraction of sp³-hybridized carbons (Fsp3) is 0.143. The topological polar surface area (TPSA) is 110 Å². The van der Waals surface area contributed by atoms with Crippen molar-refractivity contribution in [1.29, 1.82) is 0 Å². The molecule has 7 nitrogen and oxygen atoms in total. The van der Waals surface area contributed by atoms with Gasteiger partial charge in [-0.2, -0.15) is 0 Å². The van der Waals surface area contributed by atoms with Crippen molar-refractivity contribution >= 4 is 11.9 Å². The van der Waals surface area contributed by atoms with Gasteiger partial charge in [-0.15, -0.1) is 0 Å². The van der Waals surface area contributed by atoms with Gasteiger partial charge in [0.2, 0.25) is 0 Å². The number of nitrogens with zero attached hydrogens (tertiary/aromatic N) is 2. The number of benzene rings is 1. The van der Waals surface area contributed by atoms with Gasteiger partial charge in [-0.1, -0.05) is 0 Å². The fourth-order valence-electron chi connectivity index (χ4n) is 1.72. The van der Waals surface area contributed by atoms with Gasteiger partial charge in [0.1, 0.15) is 5.75 Å². The third-order valence-corrected chi connectivity index (χ3v) is 2.64. The molecule has 1 aromatic carbocycles. The van der Waals surface area contributed by atoms with E-state index in [0.717, 1.165) is 0 Å². The highest BCUT2D eigenvalue weighted by Gasteiger charge is 2.20. The Morgan fingerprint density at radius 1 is 1.10 bits per heavy atom. The first-order valence-electron chi connectivity index (χ1n) is 6.09. The number of hydrogen-bond acceptors (Lipinski definition) is 5. The van der Waals surface area contributed by atoms with Crippen LogP contribution in [0.25, 0.3) is 11.3 Å². The van der Waals surface area contributed by atoms with Crippen LogP contribution in [-0.2, 0) is 0 Å². The molecule has 0 saturated carbocycles. The SMILES string of the molecule is CCOc1ccc(-c2cnc(C(=O)O)c(C(=O)O)n2)cc1. The molecule has 0 spiro atoms. The van der Waals surface area contributed by atoms with E-state index in [1.165, 1.54) is 6.20 Å². The standard InChI is InChI=1S/C14H12N2O5/c1-2-21-9-5-3-8(4-6-9)10-7-15-11(13(17)18)12(16-10)14(19)20/h3-7H,2H2,1H3,(H,17,18)(H,19,20). The van der Waals surface area contributed by atoms with Gasteiger partial charge in [0.15, 0.2) is 11.4 Å². The molecule has 1 heterocycles. The van der Waals surface area contributed by atoms with Crippen LogP contribution in [0.5, 0.6) is 5.75 Å². The first kappa shape index (κ1) is 14.4. The van der Waals surface area contributed by atoms with E-state index in [-0.39, 0.29) is 5.69 Å². The van der Waals surface area contributed by atoms with Gasteiger partial charge in [-0.25, -0.2) is 19.6 Å². The molecule has 0 bridgehead atoms. The molecule has 0 fully saturated rings. The summed E-state index contributed by atoms with van der Waals surface area (Å²) in [7, 11) is 0. The van der Waals surface area contributed by atoms with E-state index in [0.29, 0.717) is 17.9 Å². The average molecular weight is 288 g/mol. The number of carboxylic acid groups (broad SMARTS) is 2. The first-order chi connectivity index (χ1) is 10.0. The van der Waals surface area contributed by atoms with E-state index >= 15 is 0 Å². The maximum atomic E-state index is 11.1. The Balaban J connectivity index is 2.42. The summed E-state index contributed by atoms with van der Waals surface area (Å²) in [5.41, 5.74) is -0.281. The molecule has 0 unspecified atom stereocenters. The molecule has 1 aromatic heterocycles.